The lowest BCUT2D eigenvalue weighted by atomic mass is 9.92. The third-order valence-corrected chi connectivity index (χ3v) is 3.34. The second kappa shape index (κ2) is 4.46. The molecule has 1 saturated carbocycles. The highest BCUT2D eigenvalue weighted by molar-refractivity contribution is 6.30. The molecule has 86 valence electrons. The maximum Gasteiger partial charge on any atom is 0.303 e. The van der Waals surface area contributed by atoms with Crippen molar-refractivity contribution >= 4 is 17.6 Å². The quantitative estimate of drug-likeness (QED) is 0.735. The van der Waals surface area contributed by atoms with Crippen LogP contribution in [0, 0.1) is 0 Å². The van der Waals surface area contributed by atoms with Crippen molar-refractivity contribution in [3.8, 4) is 0 Å². The summed E-state index contributed by atoms with van der Waals surface area (Å²) in [6, 6.07) is 7.62. The molecule has 0 aromatic heterocycles. The van der Waals surface area contributed by atoms with Crippen molar-refractivity contribution in [2.24, 2.45) is 0 Å². The van der Waals surface area contributed by atoms with Crippen LogP contribution in [0.1, 0.15) is 38.2 Å². The number of benzene rings is 1. The Bertz CT molecular complexity index is 395. The summed E-state index contributed by atoms with van der Waals surface area (Å²) in [7, 11) is 0. The maximum atomic E-state index is 11.2. The average Bonchev–Trinajstić information content (AvgIpc) is 2.66. The van der Waals surface area contributed by atoms with Crippen LogP contribution in [-0.4, -0.2) is 5.97 Å². The molecule has 0 bridgehead atoms. The molecule has 2 nitrogen and oxygen atoms in total. The smallest absolute Gasteiger partial charge is 0.303 e. The minimum atomic E-state index is -0.434. The van der Waals surface area contributed by atoms with Crippen LogP contribution in [0.25, 0.3) is 0 Å². The number of ether oxygens (including phenoxy) is 1. The zero-order chi connectivity index (χ0) is 11.6. The Morgan fingerprint density at radius 1 is 1.38 bits per heavy atom. The Labute approximate surface area is 101 Å². The zero-order valence-corrected chi connectivity index (χ0v) is 10.1. The number of carbonyl (C=O) groups is 1. The Morgan fingerprint density at radius 2 is 2.06 bits per heavy atom. The van der Waals surface area contributed by atoms with E-state index in [4.69, 9.17) is 16.3 Å². The molecule has 2 rings (SSSR count). The Balaban J connectivity index is 2.35. The van der Waals surface area contributed by atoms with Crippen LogP contribution >= 0.6 is 11.6 Å². The SMILES string of the molecule is CC(=O)OC1(c2cccc(Cl)c2)CCCC1. The molecular weight excluding hydrogens is 224 g/mol. The minimum absolute atomic E-state index is 0.220. The van der Waals surface area contributed by atoms with Gasteiger partial charge >= 0.3 is 5.97 Å². The highest BCUT2D eigenvalue weighted by Gasteiger charge is 2.38. The monoisotopic (exact) mass is 238 g/mol. The first-order valence-electron chi connectivity index (χ1n) is 5.58. The van der Waals surface area contributed by atoms with E-state index in [9.17, 15) is 4.79 Å². The molecule has 3 heteroatoms. The van der Waals surface area contributed by atoms with Crippen LogP contribution in [0.4, 0.5) is 0 Å². The molecule has 0 amide bonds. The van der Waals surface area contributed by atoms with Gasteiger partial charge in [0.05, 0.1) is 0 Å². The van der Waals surface area contributed by atoms with Crippen molar-refractivity contribution in [2.45, 2.75) is 38.2 Å². The molecule has 0 spiro atoms. The predicted molar refractivity (Wildman–Crippen MR) is 63.4 cm³/mol. The molecule has 0 saturated heterocycles. The lowest BCUT2D eigenvalue weighted by Gasteiger charge is -2.29. The second-order valence-electron chi connectivity index (χ2n) is 4.31. The number of carbonyl (C=O) groups excluding carboxylic acids is 1. The highest BCUT2D eigenvalue weighted by Crippen LogP contribution is 2.42. The second-order valence-corrected chi connectivity index (χ2v) is 4.74. The molecule has 0 N–H and O–H groups in total. The average molecular weight is 239 g/mol. The number of halogens is 1. The standard InChI is InChI=1S/C13H15ClO2/c1-10(15)16-13(7-2-3-8-13)11-5-4-6-12(14)9-11/h4-6,9H,2-3,7-8H2,1H3. The molecular formula is C13H15ClO2. The van der Waals surface area contributed by atoms with Gasteiger partial charge in [-0.05, 0) is 43.4 Å². The van der Waals surface area contributed by atoms with Crippen LogP contribution < -0.4 is 0 Å². The van der Waals surface area contributed by atoms with Gasteiger partial charge in [-0.2, -0.15) is 0 Å². The Kier molecular flexibility index (Phi) is 3.20. The van der Waals surface area contributed by atoms with E-state index in [0.717, 1.165) is 31.2 Å². The van der Waals surface area contributed by atoms with Gasteiger partial charge in [0.25, 0.3) is 0 Å². The summed E-state index contributed by atoms with van der Waals surface area (Å²) in [5.41, 5.74) is 0.587. The lowest BCUT2D eigenvalue weighted by molar-refractivity contribution is -0.157. The van der Waals surface area contributed by atoms with Gasteiger partial charge in [-0.15, -0.1) is 0 Å². The molecule has 1 aliphatic rings. The van der Waals surface area contributed by atoms with Crippen LogP contribution in [0.15, 0.2) is 24.3 Å². The summed E-state index contributed by atoms with van der Waals surface area (Å²) in [6.07, 6.45) is 3.99. The highest BCUT2D eigenvalue weighted by atomic mass is 35.5. The first kappa shape index (κ1) is 11.5. The molecule has 1 aromatic carbocycles. The normalized spacial score (nSPS) is 18.4. The van der Waals surface area contributed by atoms with Gasteiger partial charge in [-0.3, -0.25) is 4.79 Å². The summed E-state index contributed by atoms with van der Waals surface area (Å²) in [4.78, 5) is 11.2. The van der Waals surface area contributed by atoms with Crippen molar-refractivity contribution in [2.75, 3.05) is 0 Å². The molecule has 1 fully saturated rings. The van der Waals surface area contributed by atoms with Gasteiger partial charge in [-0.1, -0.05) is 23.7 Å². The summed E-state index contributed by atoms with van der Waals surface area (Å²) in [5, 5.41) is 0.691. The molecule has 0 aliphatic heterocycles. The van der Waals surface area contributed by atoms with Crippen LogP contribution in [-0.2, 0) is 15.1 Å². The molecule has 0 atom stereocenters. The van der Waals surface area contributed by atoms with E-state index in [0.29, 0.717) is 5.02 Å². The van der Waals surface area contributed by atoms with Crippen molar-refractivity contribution < 1.29 is 9.53 Å². The maximum absolute atomic E-state index is 11.2. The Hall–Kier alpha value is -1.02. The first-order valence-corrected chi connectivity index (χ1v) is 5.96. The van der Waals surface area contributed by atoms with Gasteiger partial charge in [-0.25, -0.2) is 0 Å². The third-order valence-electron chi connectivity index (χ3n) is 3.10. The largest absolute Gasteiger partial charge is 0.454 e. The molecule has 16 heavy (non-hydrogen) atoms. The fourth-order valence-corrected chi connectivity index (χ4v) is 2.63. The van der Waals surface area contributed by atoms with Crippen LogP contribution in [0.2, 0.25) is 5.02 Å². The zero-order valence-electron chi connectivity index (χ0n) is 9.33. The molecule has 1 aliphatic carbocycles. The molecule has 0 heterocycles. The fraction of sp³-hybridized carbons (Fsp3) is 0.462. The summed E-state index contributed by atoms with van der Waals surface area (Å²) in [5.74, 6) is -0.220. The van der Waals surface area contributed by atoms with E-state index in [-0.39, 0.29) is 5.97 Å². The van der Waals surface area contributed by atoms with Crippen LogP contribution in [0.5, 0.6) is 0 Å². The van der Waals surface area contributed by atoms with Crippen molar-refractivity contribution in [3.05, 3.63) is 34.9 Å². The van der Waals surface area contributed by atoms with E-state index < -0.39 is 5.60 Å². The molecule has 1 aromatic rings. The minimum Gasteiger partial charge on any atom is -0.454 e. The topological polar surface area (TPSA) is 26.3 Å². The molecule has 0 radical (unpaired) electrons. The summed E-state index contributed by atoms with van der Waals surface area (Å²) >= 11 is 5.98. The van der Waals surface area contributed by atoms with Gasteiger partial charge in [0.1, 0.15) is 5.60 Å². The van der Waals surface area contributed by atoms with E-state index >= 15 is 0 Å². The number of hydrogen-bond donors (Lipinski definition) is 0. The number of esters is 1. The van der Waals surface area contributed by atoms with Crippen molar-refractivity contribution in [1.82, 2.24) is 0 Å². The van der Waals surface area contributed by atoms with Crippen molar-refractivity contribution in [3.63, 3.8) is 0 Å². The van der Waals surface area contributed by atoms with E-state index in [2.05, 4.69) is 0 Å². The van der Waals surface area contributed by atoms with Gasteiger partial charge in [0, 0.05) is 11.9 Å². The van der Waals surface area contributed by atoms with Gasteiger partial charge < -0.3 is 4.74 Å². The Morgan fingerprint density at radius 3 is 2.62 bits per heavy atom. The molecule has 0 unspecified atom stereocenters. The van der Waals surface area contributed by atoms with Crippen LogP contribution in [0.3, 0.4) is 0 Å². The lowest BCUT2D eigenvalue weighted by Crippen LogP contribution is -2.28. The number of hydrogen-bond acceptors (Lipinski definition) is 2. The first-order chi connectivity index (χ1) is 7.62. The third kappa shape index (κ3) is 2.22. The van der Waals surface area contributed by atoms with Crippen molar-refractivity contribution in [1.29, 1.82) is 0 Å². The summed E-state index contributed by atoms with van der Waals surface area (Å²) < 4.78 is 5.54. The van der Waals surface area contributed by atoms with E-state index in [1.165, 1.54) is 6.92 Å². The van der Waals surface area contributed by atoms with E-state index in [1.807, 2.05) is 24.3 Å². The number of rotatable bonds is 2. The van der Waals surface area contributed by atoms with E-state index in [1.54, 1.807) is 0 Å². The predicted octanol–water partition coefficient (Wildman–Crippen LogP) is 3.67. The van der Waals surface area contributed by atoms with Gasteiger partial charge in [0.15, 0.2) is 0 Å². The summed E-state index contributed by atoms with van der Waals surface area (Å²) in [6.45, 7) is 1.46. The fourth-order valence-electron chi connectivity index (χ4n) is 2.44. The van der Waals surface area contributed by atoms with Gasteiger partial charge in [0.2, 0.25) is 0 Å².